The summed E-state index contributed by atoms with van der Waals surface area (Å²) in [6, 6.07) is 0. The highest BCUT2D eigenvalue weighted by Crippen LogP contribution is 2.43. The largest absolute Gasteiger partial charge is 0.481 e. The van der Waals surface area contributed by atoms with E-state index in [1.54, 1.807) is 0 Å². The molecule has 0 aliphatic heterocycles. The van der Waals surface area contributed by atoms with Crippen LogP contribution >= 0.6 is 12.6 Å². The van der Waals surface area contributed by atoms with E-state index in [1.165, 1.54) is 0 Å². The summed E-state index contributed by atoms with van der Waals surface area (Å²) in [5, 5.41) is 9.21. The van der Waals surface area contributed by atoms with Crippen LogP contribution in [0.3, 0.4) is 0 Å². The fourth-order valence-corrected chi connectivity index (χ4v) is 4.02. The fourth-order valence-electron chi connectivity index (χ4n) is 3.76. The molecule has 0 amide bonds. The maximum atomic E-state index is 12.5. The Hall–Kier alpha value is -0.510. The third kappa shape index (κ3) is 8.55. The molecular formula is C20H38O3S. The summed E-state index contributed by atoms with van der Waals surface area (Å²) < 4.78 is 0. The lowest BCUT2D eigenvalue weighted by molar-refractivity contribution is -0.143. The van der Waals surface area contributed by atoms with Gasteiger partial charge in [-0.15, -0.1) is 12.6 Å². The fraction of sp³-hybridized carbons (Fsp3) is 0.900. The van der Waals surface area contributed by atoms with Gasteiger partial charge in [-0.3, -0.25) is 9.59 Å². The number of unbranched alkanes of at least 4 members (excludes halogenated alkanes) is 2. The zero-order valence-electron chi connectivity index (χ0n) is 16.1. The number of hydrogen-bond acceptors (Lipinski definition) is 2. The van der Waals surface area contributed by atoms with Gasteiger partial charge in [0, 0.05) is 0 Å². The van der Waals surface area contributed by atoms with E-state index in [-0.39, 0.29) is 11.5 Å². The van der Waals surface area contributed by atoms with E-state index in [9.17, 15) is 14.7 Å². The summed E-state index contributed by atoms with van der Waals surface area (Å²) in [6.07, 6.45) is 9.91. The highest BCUT2D eigenvalue weighted by Gasteiger charge is 2.41. The lowest BCUT2D eigenvalue weighted by Crippen LogP contribution is -2.35. The predicted octanol–water partition coefficient (Wildman–Crippen LogP) is 6.12. The Balaban J connectivity index is 5.36. The number of carboxylic acids is 1. The van der Waals surface area contributed by atoms with Gasteiger partial charge in [0.25, 0.3) is 0 Å². The van der Waals surface area contributed by atoms with Crippen LogP contribution in [0.4, 0.5) is 0 Å². The van der Waals surface area contributed by atoms with Crippen LogP contribution in [0, 0.1) is 17.3 Å². The minimum atomic E-state index is -0.881. The average Bonchev–Trinajstić information content (AvgIpc) is 2.54. The first-order chi connectivity index (χ1) is 11.3. The molecule has 0 bridgehead atoms. The van der Waals surface area contributed by atoms with Crippen LogP contribution in [-0.4, -0.2) is 16.2 Å². The molecule has 142 valence electrons. The van der Waals surface area contributed by atoms with E-state index in [2.05, 4.69) is 40.3 Å². The van der Waals surface area contributed by atoms with Crippen molar-refractivity contribution in [2.75, 3.05) is 0 Å². The molecule has 0 saturated heterocycles. The van der Waals surface area contributed by atoms with Gasteiger partial charge in [0.1, 0.15) is 0 Å². The molecule has 0 aromatic heterocycles. The van der Waals surface area contributed by atoms with Crippen molar-refractivity contribution in [1.82, 2.24) is 0 Å². The van der Waals surface area contributed by atoms with E-state index in [4.69, 9.17) is 0 Å². The number of hydrogen-bond donors (Lipinski definition) is 2. The van der Waals surface area contributed by atoms with Crippen LogP contribution in [0.5, 0.6) is 0 Å². The summed E-state index contributed by atoms with van der Waals surface area (Å²) in [5.41, 5.74) is -0.808. The van der Waals surface area contributed by atoms with Crippen LogP contribution in [0.1, 0.15) is 98.3 Å². The molecule has 0 aliphatic rings. The van der Waals surface area contributed by atoms with Crippen molar-refractivity contribution >= 4 is 23.7 Å². The van der Waals surface area contributed by atoms with Gasteiger partial charge >= 0.3 is 5.97 Å². The topological polar surface area (TPSA) is 54.4 Å². The first kappa shape index (κ1) is 23.5. The highest BCUT2D eigenvalue weighted by molar-refractivity contribution is 7.96. The predicted molar refractivity (Wildman–Crippen MR) is 105 cm³/mol. The van der Waals surface area contributed by atoms with E-state index in [0.717, 1.165) is 51.4 Å². The van der Waals surface area contributed by atoms with Crippen LogP contribution < -0.4 is 0 Å². The maximum Gasteiger partial charge on any atom is 0.304 e. The van der Waals surface area contributed by atoms with Gasteiger partial charge in [0.05, 0.1) is 11.8 Å². The molecule has 2 atom stereocenters. The Bertz CT molecular complexity index is 350. The molecule has 0 fully saturated rings. The van der Waals surface area contributed by atoms with Crippen molar-refractivity contribution < 1.29 is 14.7 Å². The molecule has 1 N–H and O–H groups in total. The van der Waals surface area contributed by atoms with Crippen molar-refractivity contribution in [2.45, 2.75) is 98.3 Å². The summed E-state index contributed by atoms with van der Waals surface area (Å²) in [6.45, 7) is 8.62. The highest BCUT2D eigenvalue weighted by atomic mass is 32.1. The Labute approximate surface area is 154 Å². The summed E-state index contributed by atoms with van der Waals surface area (Å²) in [7, 11) is 0. The van der Waals surface area contributed by atoms with E-state index in [0.29, 0.717) is 24.7 Å². The van der Waals surface area contributed by atoms with Gasteiger partial charge in [0.15, 0.2) is 5.12 Å². The Morgan fingerprint density at radius 1 is 0.917 bits per heavy atom. The molecule has 0 heterocycles. The van der Waals surface area contributed by atoms with Crippen LogP contribution in [0.15, 0.2) is 0 Å². The van der Waals surface area contributed by atoms with Crippen molar-refractivity contribution in [1.29, 1.82) is 0 Å². The zero-order valence-corrected chi connectivity index (χ0v) is 17.0. The molecule has 0 spiro atoms. The molecule has 0 aromatic rings. The number of rotatable bonds is 15. The summed E-state index contributed by atoms with van der Waals surface area (Å²) in [4.78, 5) is 24.0. The van der Waals surface area contributed by atoms with E-state index in [1.807, 2.05) is 0 Å². The number of carboxylic acid groups (broad SMARTS) is 1. The number of carbonyl (C=O) groups is 2. The first-order valence-electron chi connectivity index (χ1n) is 9.80. The Morgan fingerprint density at radius 3 is 1.58 bits per heavy atom. The molecule has 0 radical (unpaired) electrons. The average molecular weight is 359 g/mol. The maximum absolute atomic E-state index is 12.5. The molecule has 4 heteroatoms. The van der Waals surface area contributed by atoms with E-state index >= 15 is 0 Å². The second-order valence-electron chi connectivity index (χ2n) is 7.40. The quantitative estimate of drug-likeness (QED) is 0.347. The third-order valence-corrected chi connectivity index (χ3v) is 5.86. The monoisotopic (exact) mass is 358 g/mol. The van der Waals surface area contributed by atoms with Gasteiger partial charge in [-0.05, 0) is 24.7 Å². The molecule has 2 unspecified atom stereocenters. The molecule has 0 aliphatic carbocycles. The Kier molecular flexibility index (Phi) is 12.5. The first-order valence-corrected chi connectivity index (χ1v) is 10.2. The van der Waals surface area contributed by atoms with E-state index < -0.39 is 11.4 Å². The minimum Gasteiger partial charge on any atom is -0.481 e. The Morgan fingerprint density at radius 2 is 1.33 bits per heavy atom. The molecular weight excluding hydrogens is 320 g/mol. The van der Waals surface area contributed by atoms with Crippen LogP contribution in [-0.2, 0) is 9.59 Å². The minimum absolute atomic E-state index is 0.0828. The van der Waals surface area contributed by atoms with Crippen molar-refractivity contribution in [3.8, 4) is 0 Å². The number of aliphatic carboxylic acids is 1. The number of carbonyl (C=O) groups excluding carboxylic acids is 1. The van der Waals surface area contributed by atoms with Crippen molar-refractivity contribution in [3.63, 3.8) is 0 Å². The smallest absolute Gasteiger partial charge is 0.304 e. The molecule has 0 saturated carbocycles. The second-order valence-corrected chi connectivity index (χ2v) is 7.80. The van der Waals surface area contributed by atoms with Crippen molar-refractivity contribution in [2.24, 2.45) is 17.3 Å². The SMILES string of the molecule is CCCCC(CC)CC(CC(=O)O)(CC(CC)CCCC)C(=O)S. The van der Waals surface area contributed by atoms with Gasteiger partial charge in [0.2, 0.25) is 0 Å². The van der Waals surface area contributed by atoms with Gasteiger partial charge in [-0.25, -0.2) is 0 Å². The second kappa shape index (κ2) is 12.8. The third-order valence-electron chi connectivity index (χ3n) is 5.39. The standard InChI is InChI=1S/C20H38O3S/c1-5-9-11-16(7-3)13-20(19(23)24,15-18(21)22)14-17(8-4)12-10-6-2/h16-17H,5-15H2,1-4H3,(H,21,22)(H,23,24). The van der Waals surface area contributed by atoms with Crippen LogP contribution in [0.25, 0.3) is 0 Å². The molecule has 0 aromatic carbocycles. The van der Waals surface area contributed by atoms with Gasteiger partial charge in [-0.2, -0.15) is 0 Å². The lowest BCUT2D eigenvalue weighted by atomic mass is 9.69. The zero-order chi connectivity index (χ0) is 18.6. The molecule has 3 nitrogen and oxygen atoms in total. The van der Waals surface area contributed by atoms with Crippen molar-refractivity contribution in [3.05, 3.63) is 0 Å². The molecule has 24 heavy (non-hydrogen) atoms. The summed E-state index contributed by atoms with van der Waals surface area (Å²) in [5.74, 6) is -0.0683. The summed E-state index contributed by atoms with van der Waals surface area (Å²) >= 11 is 4.16. The van der Waals surface area contributed by atoms with Gasteiger partial charge < -0.3 is 5.11 Å². The normalized spacial score (nSPS) is 16.4. The molecule has 0 rings (SSSR count). The van der Waals surface area contributed by atoms with Gasteiger partial charge in [-0.1, -0.05) is 79.1 Å². The lowest BCUT2D eigenvalue weighted by Gasteiger charge is -2.36. The van der Waals surface area contributed by atoms with Crippen LogP contribution in [0.2, 0.25) is 0 Å². The number of thiol groups is 1.